The van der Waals surface area contributed by atoms with Crippen molar-refractivity contribution in [2.75, 3.05) is 19.0 Å². The molecular weight excluding hydrogens is 276 g/mol. The van der Waals surface area contributed by atoms with Crippen molar-refractivity contribution in [3.63, 3.8) is 0 Å². The van der Waals surface area contributed by atoms with Crippen molar-refractivity contribution in [3.05, 3.63) is 0 Å². The van der Waals surface area contributed by atoms with Crippen LogP contribution in [0, 0.1) is 0 Å². The number of carbonyl (C=O) groups excluding carboxylic acids is 4. The van der Waals surface area contributed by atoms with E-state index in [2.05, 4.69) is 10.6 Å². The Labute approximate surface area is 113 Å². The third kappa shape index (κ3) is 7.54. The maximum atomic E-state index is 11.5. The molecule has 19 heavy (non-hydrogen) atoms. The Kier molecular flexibility index (Phi) is 8.75. The summed E-state index contributed by atoms with van der Waals surface area (Å²) in [7, 11) is 0. The second kappa shape index (κ2) is 9.48. The van der Waals surface area contributed by atoms with E-state index in [1.165, 1.54) is 6.92 Å². The first-order valence-electron chi connectivity index (χ1n) is 5.34. The Hall–Kier alpha value is -1.45. The van der Waals surface area contributed by atoms with E-state index in [1.54, 1.807) is 0 Å². The highest BCUT2D eigenvalue weighted by Gasteiger charge is 2.22. The minimum atomic E-state index is -1.24. The highest BCUT2D eigenvalue weighted by atomic mass is 32.2. The summed E-state index contributed by atoms with van der Waals surface area (Å²) in [5.41, 5.74) is 0. The lowest BCUT2D eigenvalue weighted by Gasteiger charge is -2.17. The van der Waals surface area contributed by atoms with E-state index in [1.807, 2.05) is 0 Å². The highest BCUT2D eigenvalue weighted by molar-refractivity contribution is 8.14. The summed E-state index contributed by atoms with van der Waals surface area (Å²) >= 11 is 0.766. The largest absolute Gasteiger partial charge is 0.394 e. The van der Waals surface area contributed by atoms with Crippen molar-refractivity contribution in [2.24, 2.45) is 0 Å². The predicted octanol–water partition coefficient (Wildman–Crippen LogP) is -2.58. The molecule has 0 rings (SSSR count). The van der Waals surface area contributed by atoms with Crippen LogP contribution in [0.5, 0.6) is 0 Å². The van der Waals surface area contributed by atoms with Crippen LogP contribution in [-0.2, 0) is 19.2 Å². The lowest BCUT2D eigenvalue weighted by molar-refractivity contribution is -0.130. The highest BCUT2D eigenvalue weighted by Crippen LogP contribution is 2.00. The van der Waals surface area contributed by atoms with Crippen LogP contribution in [0.2, 0.25) is 0 Å². The van der Waals surface area contributed by atoms with Crippen LogP contribution in [0.1, 0.15) is 6.92 Å². The third-order valence-corrected chi connectivity index (χ3v) is 2.74. The van der Waals surface area contributed by atoms with Crippen molar-refractivity contribution >= 4 is 35.0 Å². The van der Waals surface area contributed by atoms with Gasteiger partial charge in [-0.2, -0.15) is 0 Å². The van der Waals surface area contributed by atoms with Gasteiger partial charge in [0.15, 0.2) is 5.12 Å². The number of hydrogen-bond acceptors (Lipinski definition) is 7. The van der Waals surface area contributed by atoms with Gasteiger partial charge in [0.2, 0.25) is 11.8 Å². The molecule has 0 saturated heterocycles. The fourth-order valence-corrected chi connectivity index (χ4v) is 1.42. The second-order valence-corrected chi connectivity index (χ2v) is 4.67. The lowest BCUT2D eigenvalue weighted by Crippen LogP contribution is -2.53. The van der Waals surface area contributed by atoms with Crippen molar-refractivity contribution < 1.29 is 29.4 Å². The predicted molar refractivity (Wildman–Crippen MR) is 67.2 cm³/mol. The number of aliphatic hydroxyl groups excluding tert-OH is 2. The number of thioether (sulfide) groups is 1. The second-order valence-electron chi connectivity index (χ2n) is 3.52. The molecule has 2 atom stereocenters. The number of carbonyl (C=O) groups is 4. The molecule has 0 radical (unpaired) electrons. The Morgan fingerprint density at radius 1 is 1.21 bits per heavy atom. The van der Waals surface area contributed by atoms with E-state index >= 15 is 0 Å². The molecule has 2 amide bonds. The van der Waals surface area contributed by atoms with E-state index in [4.69, 9.17) is 10.2 Å². The Balaban J connectivity index is 4.32. The molecule has 0 aliphatic rings. The third-order valence-electron chi connectivity index (χ3n) is 1.93. The summed E-state index contributed by atoms with van der Waals surface area (Å²) in [5, 5.41) is 21.8. The molecule has 2 unspecified atom stereocenters. The molecule has 0 spiro atoms. The number of aliphatic hydroxyl groups is 2. The summed E-state index contributed by atoms with van der Waals surface area (Å²) < 4.78 is 0. The molecule has 108 valence electrons. The molecule has 0 aliphatic heterocycles. The minimum Gasteiger partial charge on any atom is -0.394 e. The molecule has 0 aliphatic carbocycles. The van der Waals surface area contributed by atoms with Crippen LogP contribution < -0.4 is 10.6 Å². The maximum absolute atomic E-state index is 11.5. The monoisotopic (exact) mass is 292 g/mol. The van der Waals surface area contributed by atoms with Crippen molar-refractivity contribution in [2.45, 2.75) is 19.0 Å². The first-order chi connectivity index (χ1) is 8.94. The quantitative estimate of drug-likeness (QED) is 0.361. The van der Waals surface area contributed by atoms with Gasteiger partial charge < -0.3 is 25.6 Å². The van der Waals surface area contributed by atoms with Crippen LogP contribution >= 0.6 is 11.8 Å². The average Bonchev–Trinajstić information content (AvgIpc) is 2.39. The zero-order valence-electron chi connectivity index (χ0n) is 10.3. The van der Waals surface area contributed by atoms with E-state index in [-0.39, 0.29) is 10.9 Å². The number of nitrogens with one attached hydrogen (secondary N) is 2. The van der Waals surface area contributed by atoms with Gasteiger partial charge >= 0.3 is 0 Å². The van der Waals surface area contributed by atoms with E-state index in [0.717, 1.165) is 11.8 Å². The molecule has 0 aromatic heterocycles. The Bertz CT molecular complexity index is 349. The molecule has 4 N–H and O–H groups in total. The molecule has 0 aromatic rings. The van der Waals surface area contributed by atoms with Gasteiger partial charge in [0.1, 0.15) is 18.4 Å². The normalized spacial score (nSPS) is 13.2. The molecule has 0 bridgehead atoms. The summed E-state index contributed by atoms with van der Waals surface area (Å²) in [6.07, 6.45) is 0.333. The SMILES string of the molecule is CC(=O)SCC(=O)NC(CO)C(=O)NC(C=O)CO. The van der Waals surface area contributed by atoms with Gasteiger partial charge in [0.05, 0.1) is 19.0 Å². The van der Waals surface area contributed by atoms with Gasteiger partial charge in [0, 0.05) is 6.92 Å². The van der Waals surface area contributed by atoms with E-state index in [9.17, 15) is 19.2 Å². The molecule has 0 aromatic carbocycles. The molecular formula is C10H16N2O6S. The van der Waals surface area contributed by atoms with Crippen molar-refractivity contribution in [1.29, 1.82) is 0 Å². The fourth-order valence-electron chi connectivity index (χ4n) is 1.00. The number of amides is 2. The van der Waals surface area contributed by atoms with E-state index in [0.29, 0.717) is 6.29 Å². The van der Waals surface area contributed by atoms with Crippen molar-refractivity contribution in [1.82, 2.24) is 10.6 Å². The Morgan fingerprint density at radius 3 is 2.26 bits per heavy atom. The lowest BCUT2D eigenvalue weighted by atomic mass is 10.2. The number of hydrogen-bond donors (Lipinski definition) is 4. The van der Waals surface area contributed by atoms with Crippen LogP contribution in [0.15, 0.2) is 0 Å². The number of aldehydes is 1. The molecule has 8 nitrogen and oxygen atoms in total. The summed E-state index contributed by atoms with van der Waals surface area (Å²) in [6, 6.07) is -2.33. The Morgan fingerprint density at radius 2 is 1.84 bits per heavy atom. The van der Waals surface area contributed by atoms with Gasteiger partial charge in [-0.1, -0.05) is 11.8 Å². The average molecular weight is 292 g/mol. The smallest absolute Gasteiger partial charge is 0.245 e. The number of rotatable bonds is 8. The van der Waals surface area contributed by atoms with Gasteiger partial charge in [-0.3, -0.25) is 14.4 Å². The molecule has 0 saturated carbocycles. The van der Waals surface area contributed by atoms with Gasteiger partial charge in [-0.05, 0) is 0 Å². The van der Waals surface area contributed by atoms with Gasteiger partial charge in [-0.15, -0.1) is 0 Å². The summed E-state index contributed by atoms with van der Waals surface area (Å²) in [4.78, 5) is 44.0. The van der Waals surface area contributed by atoms with Gasteiger partial charge in [-0.25, -0.2) is 0 Å². The van der Waals surface area contributed by atoms with Crippen LogP contribution in [0.3, 0.4) is 0 Å². The van der Waals surface area contributed by atoms with Crippen LogP contribution in [0.25, 0.3) is 0 Å². The first-order valence-corrected chi connectivity index (χ1v) is 6.33. The molecule has 0 heterocycles. The fraction of sp³-hybridized carbons (Fsp3) is 0.600. The molecule has 9 heteroatoms. The van der Waals surface area contributed by atoms with Crippen LogP contribution in [0.4, 0.5) is 0 Å². The zero-order chi connectivity index (χ0) is 14.8. The molecule has 0 fully saturated rings. The van der Waals surface area contributed by atoms with E-state index < -0.39 is 37.1 Å². The van der Waals surface area contributed by atoms with Crippen LogP contribution in [-0.4, -0.2) is 64.5 Å². The first kappa shape index (κ1) is 17.6. The summed E-state index contributed by atoms with van der Waals surface area (Å²) in [6.45, 7) is 0.0466. The standard InChI is InChI=1S/C10H16N2O6S/c1-6(16)19-5-9(17)12-8(4-15)10(18)11-7(2-13)3-14/h2,7-8,14-15H,3-5H2,1H3,(H,11,18)(H,12,17). The van der Waals surface area contributed by atoms with Gasteiger partial charge in [0.25, 0.3) is 0 Å². The van der Waals surface area contributed by atoms with Crippen molar-refractivity contribution in [3.8, 4) is 0 Å². The summed E-state index contributed by atoms with van der Waals surface area (Å²) in [5.74, 6) is -1.56. The zero-order valence-corrected chi connectivity index (χ0v) is 11.1. The minimum absolute atomic E-state index is 0.170. The maximum Gasteiger partial charge on any atom is 0.245 e. The topological polar surface area (TPSA) is 133 Å².